The second-order valence-corrected chi connectivity index (χ2v) is 5.39. The predicted molar refractivity (Wildman–Crippen MR) is 73.0 cm³/mol. The van der Waals surface area contributed by atoms with E-state index >= 15 is 0 Å². The Morgan fingerprint density at radius 1 is 1.42 bits per heavy atom. The number of hydrogen-bond donors (Lipinski definition) is 1. The van der Waals surface area contributed by atoms with Crippen molar-refractivity contribution in [3.8, 4) is 0 Å². The van der Waals surface area contributed by atoms with Crippen LogP contribution >= 0.6 is 0 Å². The van der Waals surface area contributed by atoms with E-state index in [2.05, 4.69) is 4.90 Å². The van der Waals surface area contributed by atoms with Crippen LogP contribution in [0.15, 0.2) is 24.3 Å². The van der Waals surface area contributed by atoms with Gasteiger partial charge in [-0.3, -0.25) is 10.1 Å². The summed E-state index contributed by atoms with van der Waals surface area (Å²) in [5.41, 5.74) is 0.989. The van der Waals surface area contributed by atoms with Crippen LogP contribution in [0.1, 0.15) is 18.4 Å². The van der Waals surface area contributed by atoms with Crippen LogP contribution in [0.5, 0.6) is 0 Å². The zero-order valence-corrected chi connectivity index (χ0v) is 11.2. The minimum absolute atomic E-state index is 0.117. The molecule has 1 aliphatic rings. The Hall–Kier alpha value is -1.46. The second kappa shape index (κ2) is 6.12. The highest BCUT2D eigenvalue weighted by Crippen LogP contribution is 2.27. The molecule has 1 aromatic rings. The van der Waals surface area contributed by atoms with E-state index in [0.29, 0.717) is 12.3 Å². The summed E-state index contributed by atoms with van der Waals surface area (Å²) in [6.07, 6.45) is 2.34. The first kappa shape index (κ1) is 14.0. The molecular formula is C14H20N2O3. The van der Waals surface area contributed by atoms with Crippen molar-refractivity contribution in [1.82, 2.24) is 4.90 Å². The monoisotopic (exact) mass is 264 g/mol. The van der Waals surface area contributed by atoms with Crippen LogP contribution in [0.4, 0.5) is 5.69 Å². The first-order valence-electron chi connectivity index (χ1n) is 6.65. The number of rotatable bonds is 6. The van der Waals surface area contributed by atoms with E-state index in [1.807, 2.05) is 19.2 Å². The van der Waals surface area contributed by atoms with Gasteiger partial charge in [0.1, 0.15) is 0 Å². The number of likely N-dealkylation sites (N-methyl/N-ethyl adjacent to an activating group) is 1. The number of para-hydroxylation sites is 1. The molecule has 1 fully saturated rings. The number of hydrogen-bond acceptors (Lipinski definition) is 4. The molecule has 0 radical (unpaired) electrons. The van der Waals surface area contributed by atoms with Gasteiger partial charge in [-0.05, 0) is 32.2 Å². The van der Waals surface area contributed by atoms with E-state index in [1.54, 1.807) is 12.1 Å². The van der Waals surface area contributed by atoms with Crippen molar-refractivity contribution >= 4 is 5.69 Å². The van der Waals surface area contributed by atoms with E-state index in [-0.39, 0.29) is 16.7 Å². The maximum atomic E-state index is 10.9. The van der Waals surface area contributed by atoms with E-state index in [9.17, 15) is 15.2 Å². The van der Waals surface area contributed by atoms with Crippen molar-refractivity contribution in [3.05, 3.63) is 39.9 Å². The van der Waals surface area contributed by atoms with E-state index in [1.165, 1.54) is 0 Å². The van der Waals surface area contributed by atoms with Gasteiger partial charge in [0.25, 0.3) is 5.69 Å². The molecule has 0 unspecified atom stereocenters. The van der Waals surface area contributed by atoms with Crippen molar-refractivity contribution in [2.24, 2.45) is 5.92 Å². The maximum absolute atomic E-state index is 10.9. The lowest BCUT2D eigenvalue weighted by Gasteiger charge is -2.34. The number of benzene rings is 1. The Bertz CT molecular complexity index is 444. The second-order valence-electron chi connectivity index (χ2n) is 5.39. The predicted octanol–water partition coefficient (Wildman–Crippen LogP) is 1.84. The number of nitro groups is 1. The first-order valence-corrected chi connectivity index (χ1v) is 6.65. The van der Waals surface area contributed by atoms with E-state index < -0.39 is 0 Å². The van der Waals surface area contributed by atoms with Gasteiger partial charge in [0.15, 0.2) is 0 Å². The molecule has 1 aromatic carbocycles. The molecule has 5 nitrogen and oxygen atoms in total. The Balaban J connectivity index is 1.83. The summed E-state index contributed by atoms with van der Waals surface area (Å²) in [5, 5.41) is 20.1. The molecule has 0 spiro atoms. The van der Waals surface area contributed by atoms with Crippen molar-refractivity contribution in [2.45, 2.75) is 25.4 Å². The molecule has 2 rings (SSSR count). The van der Waals surface area contributed by atoms with Gasteiger partial charge in [-0.2, -0.15) is 0 Å². The summed E-state index contributed by atoms with van der Waals surface area (Å²) >= 11 is 0. The SMILES string of the molecule is CN(CCc1ccccc1[N+](=O)[O-])CC1CC(O)C1. The summed E-state index contributed by atoms with van der Waals surface area (Å²) in [7, 11) is 2.03. The molecule has 5 heteroatoms. The molecule has 19 heavy (non-hydrogen) atoms. The third-order valence-electron chi connectivity index (χ3n) is 3.73. The lowest BCUT2D eigenvalue weighted by Crippen LogP contribution is -2.37. The van der Waals surface area contributed by atoms with E-state index in [0.717, 1.165) is 31.5 Å². The Morgan fingerprint density at radius 2 is 2.11 bits per heavy atom. The Kier molecular flexibility index (Phi) is 4.50. The third-order valence-corrected chi connectivity index (χ3v) is 3.73. The molecule has 1 aliphatic carbocycles. The van der Waals surface area contributed by atoms with Crippen LogP contribution in [0, 0.1) is 16.0 Å². The van der Waals surface area contributed by atoms with Crippen molar-refractivity contribution in [2.75, 3.05) is 20.1 Å². The zero-order valence-electron chi connectivity index (χ0n) is 11.2. The molecule has 0 saturated heterocycles. The van der Waals surface area contributed by atoms with Crippen LogP contribution in [0.25, 0.3) is 0 Å². The summed E-state index contributed by atoms with van der Waals surface area (Å²) in [6.45, 7) is 1.76. The molecule has 104 valence electrons. The largest absolute Gasteiger partial charge is 0.393 e. The average Bonchev–Trinajstić information content (AvgIpc) is 2.34. The Morgan fingerprint density at radius 3 is 2.74 bits per heavy atom. The van der Waals surface area contributed by atoms with Crippen LogP contribution in [0.3, 0.4) is 0 Å². The van der Waals surface area contributed by atoms with Gasteiger partial charge >= 0.3 is 0 Å². The molecule has 0 atom stereocenters. The smallest absolute Gasteiger partial charge is 0.272 e. The molecule has 0 aliphatic heterocycles. The van der Waals surface area contributed by atoms with Gasteiger partial charge in [-0.15, -0.1) is 0 Å². The normalized spacial score (nSPS) is 22.3. The highest BCUT2D eigenvalue weighted by molar-refractivity contribution is 5.39. The van der Waals surface area contributed by atoms with Crippen LogP contribution in [-0.4, -0.2) is 41.2 Å². The highest BCUT2D eigenvalue weighted by atomic mass is 16.6. The lowest BCUT2D eigenvalue weighted by atomic mass is 9.82. The summed E-state index contributed by atoms with van der Waals surface area (Å²) in [5.74, 6) is 0.575. The van der Waals surface area contributed by atoms with Crippen LogP contribution in [0.2, 0.25) is 0 Å². The van der Waals surface area contributed by atoms with Gasteiger partial charge in [0.2, 0.25) is 0 Å². The van der Waals surface area contributed by atoms with Gasteiger partial charge in [-0.1, -0.05) is 18.2 Å². The lowest BCUT2D eigenvalue weighted by molar-refractivity contribution is -0.385. The summed E-state index contributed by atoms with van der Waals surface area (Å²) in [4.78, 5) is 12.8. The fourth-order valence-corrected chi connectivity index (χ4v) is 2.59. The Labute approximate surface area is 113 Å². The summed E-state index contributed by atoms with van der Waals surface area (Å²) in [6, 6.07) is 6.91. The fourth-order valence-electron chi connectivity index (χ4n) is 2.59. The minimum atomic E-state index is -0.322. The molecule has 0 aromatic heterocycles. The van der Waals surface area contributed by atoms with Gasteiger partial charge in [0, 0.05) is 24.7 Å². The molecule has 0 amide bonds. The number of aliphatic hydroxyl groups excluding tert-OH is 1. The van der Waals surface area contributed by atoms with Gasteiger partial charge in [-0.25, -0.2) is 0 Å². The fraction of sp³-hybridized carbons (Fsp3) is 0.571. The quantitative estimate of drug-likeness (QED) is 0.629. The van der Waals surface area contributed by atoms with Gasteiger partial charge < -0.3 is 10.0 Å². The highest BCUT2D eigenvalue weighted by Gasteiger charge is 2.27. The van der Waals surface area contributed by atoms with Gasteiger partial charge in [0.05, 0.1) is 11.0 Å². The van der Waals surface area contributed by atoms with Crippen LogP contribution < -0.4 is 0 Å². The van der Waals surface area contributed by atoms with Crippen LogP contribution in [-0.2, 0) is 6.42 Å². The van der Waals surface area contributed by atoms with E-state index in [4.69, 9.17) is 0 Å². The molecule has 1 saturated carbocycles. The number of nitrogens with zero attached hydrogens (tertiary/aromatic N) is 2. The third kappa shape index (κ3) is 3.75. The number of aliphatic hydroxyl groups is 1. The molecule has 0 bridgehead atoms. The van der Waals surface area contributed by atoms with Crippen molar-refractivity contribution in [3.63, 3.8) is 0 Å². The van der Waals surface area contributed by atoms with Crippen molar-refractivity contribution in [1.29, 1.82) is 0 Å². The van der Waals surface area contributed by atoms with Crippen molar-refractivity contribution < 1.29 is 10.0 Å². The zero-order chi connectivity index (χ0) is 13.8. The maximum Gasteiger partial charge on any atom is 0.272 e. The first-order chi connectivity index (χ1) is 9.06. The minimum Gasteiger partial charge on any atom is -0.393 e. The standard InChI is InChI=1S/C14H20N2O3/c1-15(10-11-8-13(17)9-11)7-6-12-4-2-3-5-14(12)16(18)19/h2-5,11,13,17H,6-10H2,1H3. The number of nitro benzene ring substituents is 1. The topological polar surface area (TPSA) is 66.6 Å². The molecule has 1 N–H and O–H groups in total. The average molecular weight is 264 g/mol. The molecular weight excluding hydrogens is 244 g/mol. The molecule has 0 heterocycles. The summed E-state index contributed by atoms with van der Waals surface area (Å²) < 4.78 is 0.